The molecule has 1 heteroatoms. The second-order valence-corrected chi connectivity index (χ2v) is 13.7. The van der Waals surface area contributed by atoms with Gasteiger partial charge in [0, 0.05) is 22.1 Å². The number of fused-ring (bicyclic) bond motifs is 7. The quantitative estimate of drug-likeness (QED) is 0.186. The van der Waals surface area contributed by atoms with Gasteiger partial charge in [0.2, 0.25) is 0 Å². The first-order valence-corrected chi connectivity index (χ1v) is 17.4. The van der Waals surface area contributed by atoms with Gasteiger partial charge in [0.05, 0.1) is 5.41 Å². The zero-order chi connectivity index (χ0) is 33.3. The zero-order valence-corrected chi connectivity index (χ0v) is 27.8. The molecule has 1 unspecified atom stereocenters. The van der Waals surface area contributed by atoms with E-state index in [1.54, 1.807) is 0 Å². The fourth-order valence-corrected chi connectivity index (χ4v) is 9.00. The molecule has 1 heterocycles. The summed E-state index contributed by atoms with van der Waals surface area (Å²) >= 11 is 0. The van der Waals surface area contributed by atoms with Crippen molar-refractivity contribution >= 4 is 10.8 Å². The van der Waals surface area contributed by atoms with Gasteiger partial charge in [-0.05, 0) is 74.3 Å². The second-order valence-electron chi connectivity index (χ2n) is 13.7. The molecule has 236 valence electrons. The Kier molecular flexibility index (Phi) is 6.29. The Labute approximate surface area is 293 Å². The molecule has 8 aromatic carbocycles. The van der Waals surface area contributed by atoms with E-state index in [-0.39, 0.29) is 5.41 Å². The first-order valence-electron chi connectivity index (χ1n) is 17.4. The van der Waals surface area contributed by atoms with E-state index in [9.17, 15) is 0 Å². The SMILES string of the molecule is CC1(c2ccccc2)c2ccccc2Oc2c(-c3ccc4c(c3)C(c3ccccc3)(c3ccccc3)c3ccc5ccccc5c3-4)cccc21. The standard InChI is InChI=1S/C49H34O/c1-48(35-17-5-2-6-18-35)41-25-13-14-27-45(41)50-47-39(24-15-26-43(47)48)34-28-30-40-44(32-34)49(36-19-7-3-8-20-36,37-21-9-4-10-22-37)42-31-29-33-16-11-12-23-38(33)46(40)42/h2-32H,1H3. The molecule has 1 nitrogen and oxygen atoms in total. The molecule has 0 amide bonds. The van der Waals surface area contributed by atoms with Gasteiger partial charge in [-0.1, -0.05) is 176 Å². The molecule has 0 radical (unpaired) electrons. The highest BCUT2D eigenvalue weighted by molar-refractivity contribution is 6.04. The molecule has 0 saturated heterocycles. The van der Waals surface area contributed by atoms with Crippen LogP contribution < -0.4 is 4.74 Å². The number of para-hydroxylation sites is 2. The van der Waals surface area contributed by atoms with Crippen molar-refractivity contribution in [2.75, 3.05) is 0 Å². The Morgan fingerprint density at radius 3 is 1.78 bits per heavy atom. The van der Waals surface area contributed by atoms with Crippen LogP contribution >= 0.6 is 0 Å². The van der Waals surface area contributed by atoms with E-state index >= 15 is 0 Å². The van der Waals surface area contributed by atoms with Crippen molar-refractivity contribution in [3.05, 3.63) is 227 Å². The van der Waals surface area contributed by atoms with E-state index < -0.39 is 5.41 Å². The molecule has 8 aromatic rings. The Morgan fingerprint density at radius 1 is 0.420 bits per heavy atom. The Balaban J connectivity index is 1.28. The maximum atomic E-state index is 6.94. The number of hydrogen-bond donors (Lipinski definition) is 0. The summed E-state index contributed by atoms with van der Waals surface area (Å²) < 4.78 is 6.94. The van der Waals surface area contributed by atoms with Crippen molar-refractivity contribution in [2.45, 2.75) is 17.8 Å². The van der Waals surface area contributed by atoms with Crippen LogP contribution in [0, 0.1) is 0 Å². The van der Waals surface area contributed by atoms with E-state index in [0.717, 1.165) is 22.6 Å². The highest BCUT2D eigenvalue weighted by Crippen LogP contribution is 2.59. The van der Waals surface area contributed by atoms with Crippen LogP contribution in [0.3, 0.4) is 0 Å². The van der Waals surface area contributed by atoms with E-state index in [1.807, 2.05) is 0 Å². The van der Waals surface area contributed by atoms with Crippen molar-refractivity contribution in [1.29, 1.82) is 0 Å². The minimum Gasteiger partial charge on any atom is -0.456 e. The molecular formula is C49H34O. The van der Waals surface area contributed by atoms with Crippen molar-refractivity contribution < 1.29 is 4.74 Å². The maximum Gasteiger partial charge on any atom is 0.139 e. The predicted molar refractivity (Wildman–Crippen MR) is 205 cm³/mol. The third kappa shape index (κ3) is 3.89. The number of rotatable bonds is 4. The fourth-order valence-electron chi connectivity index (χ4n) is 9.00. The molecule has 0 N–H and O–H groups in total. The highest BCUT2D eigenvalue weighted by atomic mass is 16.5. The summed E-state index contributed by atoms with van der Waals surface area (Å²) in [6.45, 7) is 2.34. The van der Waals surface area contributed by atoms with Gasteiger partial charge >= 0.3 is 0 Å². The molecule has 0 fully saturated rings. The monoisotopic (exact) mass is 638 g/mol. The first-order chi connectivity index (χ1) is 24.7. The average molecular weight is 639 g/mol. The molecule has 50 heavy (non-hydrogen) atoms. The van der Waals surface area contributed by atoms with Crippen LogP contribution in [0.4, 0.5) is 0 Å². The van der Waals surface area contributed by atoms with Gasteiger partial charge in [-0.25, -0.2) is 0 Å². The highest BCUT2D eigenvalue weighted by Gasteiger charge is 2.47. The molecule has 0 bridgehead atoms. The van der Waals surface area contributed by atoms with E-state index in [0.29, 0.717) is 0 Å². The average Bonchev–Trinajstić information content (AvgIpc) is 3.50. The molecular weight excluding hydrogens is 605 g/mol. The van der Waals surface area contributed by atoms with Crippen molar-refractivity contribution in [2.24, 2.45) is 0 Å². The van der Waals surface area contributed by atoms with Crippen LogP contribution in [0.5, 0.6) is 11.5 Å². The molecule has 0 saturated carbocycles. The van der Waals surface area contributed by atoms with Gasteiger partial charge in [-0.2, -0.15) is 0 Å². The van der Waals surface area contributed by atoms with Crippen LogP contribution in [0.2, 0.25) is 0 Å². The van der Waals surface area contributed by atoms with Gasteiger partial charge in [0.1, 0.15) is 11.5 Å². The lowest BCUT2D eigenvalue weighted by Crippen LogP contribution is -2.29. The molecule has 0 aromatic heterocycles. The summed E-state index contributed by atoms with van der Waals surface area (Å²) in [5, 5.41) is 2.53. The largest absolute Gasteiger partial charge is 0.456 e. The zero-order valence-electron chi connectivity index (χ0n) is 27.8. The fraction of sp³-hybridized carbons (Fsp3) is 0.0612. The van der Waals surface area contributed by atoms with Gasteiger partial charge in [0.25, 0.3) is 0 Å². The third-order valence-electron chi connectivity index (χ3n) is 11.3. The predicted octanol–water partition coefficient (Wildman–Crippen LogP) is 12.3. The van der Waals surface area contributed by atoms with Crippen LogP contribution in [-0.4, -0.2) is 0 Å². The van der Waals surface area contributed by atoms with Gasteiger partial charge < -0.3 is 4.74 Å². The smallest absolute Gasteiger partial charge is 0.139 e. The molecule has 1 aliphatic carbocycles. The molecule has 2 aliphatic rings. The van der Waals surface area contributed by atoms with Crippen LogP contribution in [0.25, 0.3) is 33.0 Å². The van der Waals surface area contributed by atoms with Crippen molar-refractivity contribution in [3.63, 3.8) is 0 Å². The van der Waals surface area contributed by atoms with Crippen molar-refractivity contribution in [3.8, 4) is 33.8 Å². The Hall–Kier alpha value is -6.18. The first kappa shape index (κ1) is 28.8. The Bertz CT molecular complexity index is 2530. The molecule has 10 rings (SSSR count). The second kappa shape index (κ2) is 10.9. The normalized spacial score (nSPS) is 16.5. The summed E-state index contributed by atoms with van der Waals surface area (Å²) in [5.74, 6) is 1.82. The number of hydrogen-bond acceptors (Lipinski definition) is 1. The summed E-state index contributed by atoms with van der Waals surface area (Å²) in [6.07, 6.45) is 0. The molecule has 1 atom stereocenters. The molecule has 0 spiro atoms. The van der Waals surface area contributed by atoms with E-state index in [2.05, 4.69) is 195 Å². The molecule has 1 aliphatic heterocycles. The summed E-state index contributed by atoms with van der Waals surface area (Å²) in [4.78, 5) is 0. The summed E-state index contributed by atoms with van der Waals surface area (Å²) in [5.41, 5.74) is 12.7. The summed E-state index contributed by atoms with van der Waals surface area (Å²) in [7, 11) is 0. The number of ether oxygens (including phenoxy) is 1. The van der Waals surface area contributed by atoms with E-state index in [4.69, 9.17) is 4.74 Å². The van der Waals surface area contributed by atoms with Crippen molar-refractivity contribution in [1.82, 2.24) is 0 Å². The summed E-state index contributed by atoms with van der Waals surface area (Å²) in [6, 6.07) is 68.7. The van der Waals surface area contributed by atoms with Gasteiger partial charge in [0.15, 0.2) is 0 Å². The van der Waals surface area contributed by atoms with Gasteiger partial charge in [-0.15, -0.1) is 0 Å². The Morgan fingerprint density at radius 2 is 1.04 bits per heavy atom. The third-order valence-corrected chi connectivity index (χ3v) is 11.3. The lowest BCUT2D eigenvalue weighted by Gasteiger charge is -2.39. The van der Waals surface area contributed by atoms with E-state index in [1.165, 1.54) is 60.8 Å². The lowest BCUT2D eigenvalue weighted by atomic mass is 9.67. The van der Waals surface area contributed by atoms with Crippen LogP contribution in [0.15, 0.2) is 188 Å². The lowest BCUT2D eigenvalue weighted by molar-refractivity contribution is 0.429. The topological polar surface area (TPSA) is 9.23 Å². The number of benzene rings is 8. The minimum atomic E-state index is -0.506. The van der Waals surface area contributed by atoms with Crippen LogP contribution in [0.1, 0.15) is 45.9 Å². The maximum absolute atomic E-state index is 6.94. The van der Waals surface area contributed by atoms with Gasteiger partial charge in [-0.3, -0.25) is 0 Å². The minimum absolute atomic E-state index is 0.384. The van der Waals surface area contributed by atoms with Crippen LogP contribution in [-0.2, 0) is 10.8 Å².